The molecule has 0 radical (unpaired) electrons. The van der Waals surface area contributed by atoms with Crippen molar-refractivity contribution in [3.63, 3.8) is 0 Å². The fourth-order valence-corrected chi connectivity index (χ4v) is 3.55. The Morgan fingerprint density at radius 3 is 2.39 bits per heavy atom. The predicted octanol–water partition coefficient (Wildman–Crippen LogP) is 1.12. The van der Waals surface area contributed by atoms with E-state index in [0.717, 1.165) is 6.07 Å². The molecule has 2 unspecified atom stereocenters. The van der Waals surface area contributed by atoms with Crippen LogP contribution in [0.1, 0.15) is 19.0 Å². The number of hydrogen-bond donors (Lipinski definition) is 3. The number of rotatable bonds is 11. The first-order valence-corrected chi connectivity index (χ1v) is 10.8. The first-order chi connectivity index (χ1) is 15.6. The number of carbonyl (C=O) groups is 2. The molecule has 0 aliphatic heterocycles. The summed E-state index contributed by atoms with van der Waals surface area (Å²) in [7, 11) is -1.83. The Hall–Kier alpha value is -3.59. The Bertz CT molecular complexity index is 1080. The van der Waals surface area contributed by atoms with Gasteiger partial charge in [0.15, 0.2) is 6.10 Å². The van der Waals surface area contributed by atoms with Gasteiger partial charge in [0.25, 0.3) is 10.0 Å². The molecule has 2 atom stereocenters. The van der Waals surface area contributed by atoms with Gasteiger partial charge in [-0.15, -0.1) is 0 Å². The lowest BCUT2D eigenvalue weighted by molar-refractivity contribution is -0.152. The van der Waals surface area contributed by atoms with Crippen LogP contribution in [0.4, 0.5) is 15.1 Å². The number of carboxylic acids is 1. The van der Waals surface area contributed by atoms with Gasteiger partial charge in [-0.25, -0.2) is 27.1 Å². The monoisotopic (exact) mass is 487 g/mol. The molecular formula is C18H22FN5O8S. The smallest absolute Gasteiger partial charge is 0.335 e. The number of aliphatic carboxylic acids is 1. The van der Waals surface area contributed by atoms with Crippen LogP contribution >= 0.6 is 0 Å². The van der Waals surface area contributed by atoms with Crippen LogP contribution in [-0.4, -0.2) is 67.0 Å². The maximum Gasteiger partial charge on any atom is 0.335 e. The minimum atomic E-state index is -4.48. The van der Waals surface area contributed by atoms with Crippen LogP contribution in [0.3, 0.4) is 0 Å². The van der Waals surface area contributed by atoms with E-state index in [1.165, 1.54) is 39.5 Å². The van der Waals surface area contributed by atoms with Gasteiger partial charge >= 0.3 is 12.0 Å². The second-order valence-electron chi connectivity index (χ2n) is 6.44. The van der Waals surface area contributed by atoms with Gasteiger partial charge in [0, 0.05) is 12.6 Å². The van der Waals surface area contributed by atoms with E-state index >= 15 is 0 Å². The second-order valence-corrected chi connectivity index (χ2v) is 8.09. The maximum absolute atomic E-state index is 13.2. The quantitative estimate of drug-likeness (QED) is 0.413. The number of halogens is 1. The van der Waals surface area contributed by atoms with Crippen LogP contribution < -0.4 is 19.5 Å². The molecule has 2 aromatic rings. The van der Waals surface area contributed by atoms with Crippen molar-refractivity contribution in [2.24, 2.45) is 0 Å². The van der Waals surface area contributed by atoms with Crippen molar-refractivity contribution in [1.29, 1.82) is 0 Å². The second kappa shape index (κ2) is 11.3. The molecular weight excluding hydrogens is 465 g/mol. The zero-order valence-electron chi connectivity index (χ0n) is 17.8. The fourth-order valence-electron chi connectivity index (χ4n) is 2.46. The SMILES string of the molecule is COc1cc(OC)nc(NC(=O)NS(=O)(=O)c2cccnc2COC(CC(C)F)C(=O)O)n1. The standard InChI is InChI=1S/C18H22FN5O8S/c1-10(19)7-12(16(25)26)32-9-11-13(5-4-6-20-11)33(28,29)24-18(27)23-17-21-14(30-2)8-15(22-17)31-3/h4-6,8,10,12H,7,9H2,1-3H3,(H,25,26)(H2,21,22,23,24,27). The first-order valence-electron chi connectivity index (χ1n) is 9.29. The minimum absolute atomic E-state index is 0.0577. The van der Waals surface area contributed by atoms with Gasteiger partial charge < -0.3 is 19.3 Å². The minimum Gasteiger partial charge on any atom is -0.481 e. The molecule has 0 saturated carbocycles. The number of carboxylic acid groups (broad SMARTS) is 1. The number of amides is 2. The van der Waals surface area contributed by atoms with Crippen LogP contribution in [0.2, 0.25) is 0 Å². The molecule has 3 N–H and O–H groups in total. The first kappa shape index (κ1) is 25.7. The van der Waals surface area contributed by atoms with Crippen LogP contribution in [0.5, 0.6) is 11.8 Å². The van der Waals surface area contributed by atoms with Gasteiger partial charge in [-0.2, -0.15) is 9.97 Å². The highest BCUT2D eigenvalue weighted by Gasteiger charge is 2.26. The summed E-state index contributed by atoms with van der Waals surface area (Å²) in [4.78, 5) is 34.6. The molecule has 33 heavy (non-hydrogen) atoms. The molecule has 2 rings (SSSR count). The molecule has 15 heteroatoms. The number of anilines is 1. The Morgan fingerprint density at radius 1 is 1.21 bits per heavy atom. The van der Waals surface area contributed by atoms with Crippen LogP contribution in [-0.2, 0) is 26.2 Å². The zero-order valence-corrected chi connectivity index (χ0v) is 18.6. The van der Waals surface area contributed by atoms with Crippen molar-refractivity contribution in [2.45, 2.75) is 37.1 Å². The van der Waals surface area contributed by atoms with Crippen molar-refractivity contribution in [1.82, 2.24) is 19.7 Å². The number of hydrogen-bond acceptors (Lipinski definition) is 10. The van der Waals surface area contributed by atoms with E-state index in [2.05, 4.69) is 20.3 Å². The van der Waals surface area contributed by atoms with Crippen molar-refractivity contribution >= 4 is 28.0 Å². The van der Waals surface area contributed by atoms with Gasteiger partial charge in [-0.05, 0) is 19.1 Å². The number of methoxy groups -OCH3 is 2. The van der Waals surface area contributed by atoms with Crippen LogP contribution in [0.25, 0.3) is 0 Å². The third-order valence-corrected chi connectivity index (χ3v) is 5.33. The number of urea groups is 1. The number of carbonyl (C=O) groups excluding carboxylic acids is 1. The van der Waals surface area contributed by atoms with Crippen molar-refractivity contribution in [3.8, 4) is 11.8 Å². The van der Waals surface area contributed by atoms with E-state index in [4.69, 9.17) is 19.3 Å². The van der Waals surface area contributed by atoms with Crippen molar-refractivity contribution in [2.75, 3.05) is 19.5 Å². The molecule has 180 valence electrons. The highest BCUT2D eigenvalue weighted by molar-refractivity contribution is 7.90. The normalized spacial score (nSPS) is 13.0. The van der Waals surface area contributed by atoms with E-state index in [1.54, 1.807) is 4.72 Å². The third kappa shape index (κ3) is 7.50. The number of nitrogens with one attached hydrogen (secondary N) is 2. The number of sulfonamides is 1. The van der Waals surface area contributed by atoms with Gasteiger partial charge in [0.05, 0.1) is 32.6 Å². The Labute approximate surface area is 188 Å². The zero-order chi connectivity index (χ0) is 24.6. The maximum atomic E-state index is 13.2. The van der Waals surface area contributed by atoms with Gasteiger partial charge in [-0.1, -0.05) is 0 Å². The van der Waals surface area contributed by atoms with Gasteiger partial charge in [-0.3, -0.25) is 10.3 Å². The van der Waals surface area contributed by atoms with Gasteiger partial charge in [0.1, 0.15) is 11.1 Å². The number of pyridine rings is 1. The Balaban J connectivity index is 2.17. The molecule has 0 aliphatic carbocycles. The van der Waals surface area contributed by atoms with E-state index < -0.39 is 52.2 Å². The van der Waals surface area contributed by atoms with Crippen molar-refractivity contribution < 1.29 is 41.7 Å². The summed E-state index contributed by atoms with van der Waals surface area (Å²) >= 11 is 0. The van der Waals surface area contributed by atoms with Gasteiger partial charge in [0.2, 0.25) is 17.7 Å². The molecule has 0 aliphatic rings. The average Bonchev–Trinajstić information content (AvgIpc) is 2.75. The highest BCUT2D eigenvalue weighted by atomic mass is 32.2. The Kier molecular flexibility index (Phi) is 8.81. The summed E-state index contributed by atoms with van der Waals surface area (Å²) in [5.74, 6) is -1.59. The highest BCUT2D eigenvalue weighted by Crippen LogP contribution is 2.19. The molecule has 0 saturated heterocycles. The predicted molar refractivity (Wildman–Crippen MR) is 110 cm³/mol. The summed E-state index contributed by atoms with van der Waals surface area (Å²) in [6.07, 6.45) is -2.16. The fraction of sp³-hybridized carbons (Fsp3) is 0.389. The number of nitrogens with zero attached hydrogens (tertiary/aromatic N) is 3. The van der Waals surface area contributed by atoms with Crippen LogP contribution in [0.15, 0.2) is 29.3 Å². The largest absolute Gasteiger partial charge is 0.481 e. The third-order valence-electron chi connectivity index (χ3n) is 3.92. The lowest BCUT2D eigenvalue weighted by atomic mass is 10.2. The lowest BCUT2D eigenvalue weighted by Crippen LogP contribution is -2.35. The number of alkyl halides is 1. The van der Waals surface area contributed by atoms with Crippen LogP contribution in [0, 0.1) is 0 Å². The molecule has 0 aromatic carbocycles. The molecule has 0 fully saturated rings. The van der Waals surface area contributed by atoms with Crippen molar-refractivity contribution in [3.05, 3.63) is 30.1 Å². The number of aromatic nitrogens is 3. The molecule has 13 nitrogen and oxygen atoms in total. The van der Waals surface area contributed by atoms with E-state index in [0.29, 0.717) is 0 Å². The number of ether oxygens (including phenoxy) is 3. The molecule has 2 heterocycles. The molecule has 0 spiro atoms. The lowest BCUT2D eigenvalue weighted by Gasteiger charge is -2.16. The summed E-state index contributed by atoms with van der Waals surface area (Å²) in [5.41, 5.74) is -0.185. The van der Waals surface area contributed by atoms with E-state index in [1.807, 2.05) is 0 Å². The summed E-state index contributed by atoms with van der Waals surface area (Å²) in [6.45, 7) is 0.610. The summed E-state index contributed by atoms with van der Waals surface area (Å²) in [5, 5.41) is 11.3. The molecule has 0 bridgehead atoms. The summed E-state index contributed by atoms with van der Waals surface area (Å²) < 4.78 is 55.4. The molecule has 2 aromatic heterocycles. The summed E-state index contributed by atoms with van der Waals surface area (Å²) in [6, 6.07) is 2.58. The average molecular weight is 487 g/mol. The van der Waals surface area contributed by atoms with E-state index in [-0.39, 0.29) is 23.4 Å². The Morgan fingerprint density at radius 2 is 1.85 bits per heavy atom. The topological polar surface area (TPSA) is 179 Å². The van der Waals surface area contributed by atoms with E-state index in [9.17, 15) is 22.4 Å². The molecule has 2 amide bonds.